The van der Waals surface area contributed by atoms with E-state index in [1.807, 2.05) is 55.5 Å². The maximum atomic E-state index is 13.1. The molecule has 0 aliphatic carbocycles. The number of halogens is 2. The number of ketones is 1. The molecule has 2 aromatic carbocycles. The number of carbonyl (C=O) groups is 1. The number of hydrogen-bond acceptors (Lipinski definition) is 2. The zero-order valence-electron chi connectivity index (χ0n) is 14.5. The van der Waals surface area contributed by atoms with Crippen LogP contribution in [0.1, 0.15) is 49.9 Å². The highest BCUT2D eigenvalue weighted by atomic mass is 35.5. The first kappa shape index (κ1) is 18.4. The van der Waals surface area contributed by atoms with Gasteiger partial charge in [-0.2, -0.15) is 0 Å². The number of carbonyl (C=O) groups excluding carboxylic acids is 1. The normalized spacial score (nSPS) is 26.6. The quantitative estimate of drug-likeness (QED) is 0.709. The van der Waals surface area contributed by atoms with Gasteiger partial charge in [0.05, 0.1) is 0 Å². The molecule has 25 heavy (non-hydrogen) atoms. The van der Waals surface area contributed by atoms with Gasteiger partial charge in [-0.3, -0.25) is 4.79 Å². The molecule has 1 saturated heterocycles. The lowest BCUT2D eigenvalue weighted by atomic mass is 9.74. The number of nitrogens with one attached hydrogen (secondary N) is 1. The fourth-order valence-corrected chi connectivity index (χ4v) is 4.05. The molecule has 0 spiro atoms. The van der Waals surface area contributed by atoms with Crippen LogP contribution in [0.3, 0.4) is 0 Å². The molecule has 2 aromatic rings. The maximum Gasteiger partial charge on any atom is 0.142 e. The fourth-order valence-electron chi connectivity index (χ4n) is 3.79. The van der Waals surface area contributed by atoms with E-state index in [-0.39, 0.29) is 23.9 Å². The molecule has 1 aliphatic rings. The minimum atomic E-state index is -0.0683. The van der Waals surface area contributed by atoms with Crippen molar-refractivity contribution in [1.82, 2.24) is 5.32 Å². The van der Waals surface area contributed by atoms with Gasteiger partial charge in [0.25, 0.3) is 0 Å². The van der Waals surface area contributed by atoms with Crippen molar-refractivity contribution in [3.05, 3.63) is 69.7 Å². The average Bonchev–Trinajstić information content (AvgIpc) is 2.61. The Morgan fingerprint density at radius 1 is 0.880 bits per heavy atom. The van der Waals surface area contributed by atoms with Gasteiger partial charge in [0, 0.05) is 34.0 Å². The summed E-state index contributed by atoms with van der Waals surface area (Å²) in [5.41, 5.74) is 2.21. The standard InChI is InChI=1S/C21H23Cl2NO/c1-3-4-18-20(15-7-11-17(23)12-8-15)24-19(13(2)21(18)25)14-5-9-16(22)10-6-14/h5-13,18-20,24H,3-4H2,1-2H3. The Labute approximate surface area is 159 Å². The zero-order chi connectivity index (χ0) is 18.0. The van der Waals surface area contributed by atoms with Gasteiger partial charge in [-0.25, -0.2) is 0 Å². The highest BCUT2D eigenvalue weighted by molar-refractivity contribution is 6.30. The molecule has 132 valence electrons. The third-order valence-corrected chi connectivity index (χ3v) is 5.64. The minimum Gasteiger partial charge on any atom is -0.302 e. The maximum absolute atomic E-state index is 13.1. The van der Waals surface area contributed by atoms with Crippen molar-refractivity contribution in [1.29, 1.82) is 0 Å². The van der Waals surface area contributed by atoms with Gasteiger partial charge in [0.2, 0.25) is 0 Å². The summed E-state index contributed by atoms with van der Waals surface area (Å²) in [6.45, 7) is 4.15. The van der Waals surface area contributed by atoms with Gasteiger partial charge in [-0.1, -0.05) is 67.7 Å². The largest absolute Gasteiger partial charge is 0.302 e. The molecule has 1 N–H and O–H groups in total. The van der Waals surface area contributed by atoms with Gasteiger partial charge < -0.3 is 5.32 Å². The number of hydrogen-bond donors (Lipinski definition) is 1. The fraction of sp³-hybridized carbons (Fsp3) is 0.381. The van der Waals surface area contributed by atoms with Crippen molar-refractivity contribution in [3.63, 3.8) is 0 Å². The first-order chi connectivity index (χ1) is 12.0. The van der Waals surface area contributed by atoms with E-state index in [4.69, 9.17) is 23.2 Å². The number of Topliss-reactive ketones (excluding diaryl/α,β-unsaturated/α-hetero) is 1. The van der Waals surface area contributed by atoms with Crippen molar-refractivity contribution >= 4 is 29.0 Å². The summed E-state index contributed by atoms with van der Waals surface area (Å²) >= 11 is 12.1. The van der Waals surface area contributed by atoms with Crippen LogP contribution in [0.2, 0.25) is 10.0 Å². The Morgan fingerprint density at radius 2 is 1.36 bits per heavy atom. The summed E-state index contributed by atoms with van der Waals surface area (Å²) in [5, 5.41) is 5.15. The first-order valence-corrected chi connectivity index (χ1v) is 9.57. The summed E-state index contributed by atoms with van der Waals surface area (Å²) < 4.78 is 0. The van der Waals surface area contributed by atoms with Crippen LogP contribution in [0.4, 0.5) is 0 Å². The lowest BCUT2D eigenvalue weighted by molar-refractivity contribution is -0.131. The van der Waals surface area contributed by atoms with Gasteiger partial charge in [0.15, 0.2) is 0 Å². The topological polar surface area (TPSA) is 29.1 Å². The SMILES string of the molecule is CCCC1C(=O)C(C)C(c2ccc(Cl)cc2)NC1c1ccc(Cl)cc1. The Morgan fingerprint density at radius 3 is 1.84 bits per heavy atom. The molecule has 1 aliphatic heterocycles. The second-order valence-corrected chi connectivity index (χ2v) is 7.68. The second kappa shape index (κ2) is 7.90. The third kappa shape index (κ3) is 3.92. The Hall–Kier alpha value is -1.35. The summed E-state index contributed by atoms with van der Waals surface area (Å²) in [7, 11) is 0. The minimum absolute atomic E-state index is 0.00148. The van der Waals surface area contributed by atoms with Crippen LogP contribution < -0.4 is 5.32 Å². The lowest BCUT2D eigenvalue weighted by Crippen LogP contribution is -2.47. The molecule has 0 bridgehead atoms. The number of rotatable bonds is 4. The van der Waals surface area contributed by atoms with Crippen LogP contribution in [-0.4, -0.2) is 5.78 Å². The van der Waals surface area contributed by atoms with Crippen LogP contribution in [0.5, 0.6) is 0 Å². The second-order valence-electron chi connectivity index (χ2n) is 6.81. The number of piperidine rings is 1. The van der Waals surface area contributed by atoms with E-state index in [2.05, 4.69) is 12.2 Å². The van der Waals surface area contributed by atoms with Crippen LogP contribution in [0.25, 0.3) is 0 Å². The first-order valence-electron chi connectivity index (χ1n) is 8.82. The Bertz CT molecular complexity index is 727. The average molecular weight is 376 g/mol. The van der Waals surface area contributed by atoms with Crippen LogP contribution >= 0.6 is 23.2 Å². The van der Waals surface area contributed by atoms with E-state index in [1.54, 1.807) is 0 Å². The molecule has 2 nitrogen and oxygen atoms in total. The van der Waals surface area contributed by atoms with E-state index in [9.17, 15) is 4.79 Å². The predicted octanol–water partition coefficient (Wildman–Crippen LogP) is 6.00. The molecule has 3 rings (SSSR count). The van der Waals surface area contributed by atoms with Crippen molar-refractivity contribution in [2.45, 2.75) is 38.8 Å². The molecule has 0 saturated carbocycles. The summed E-state index contributed by atoms with van der Waals surface area (Å²) in [5.74, 6) is 0.256. The molecule has 1 fully saturated rings. The molecule has 4 atom stereocenters. The monoisotopic (exact) mass is 375 g/mol. The van der Waals surface area contributed by atoms with Crippen LogP contribution in [-0.2, 0) is 4.79 Å². The molecular formula is C21H23Cl2NO. The smallest absolute Gasteiger partial charge is 0.142 e. The van der Waals surface area contributed by atoms with E-state index >= 15 is 0 Å². The molecular weight excluding hydrogens is 353 g/mol. The van der Waals surface area contributed by atoms with Crippen LogP contribution in [0.15, 0.2) is 48.5 Å². The van der Waals surface area contributed by atoms with Gasteiger partial charge in [0.1, 0.15) is 5.78 Å². The number of benzene rings is 2. The Kier molecular flexibility index (Phi) is 5.83. The van der Waals surface area contributed by atoms with Crippen molar-refractivity contribution < 1.29 is 4.79 Å². The summed E-state index contributed by atoms with van der Waals surface area (Å²) in [6.07, 6.45) is 1.87. The summed E-state index contributed by atoms with van der Waals surface area (Å²) in [4.78, 5) is 13.1. The van der Waals surface area contributed by atoms with Gasteiger partial charge in [-0.15, -0.1) is 0 Å². The molecule has 1 heterocycles. The van der Waals surface area contributed by atoms with Crippen molar-refractivity contribution in [2.24, 2.45) is 11.8 Å². The third-order valence-electron chi connectivity index (χ3n) is 5.13. The van der Waals surface area contributed by atoms with Crippen molar-refractivity contribution in [2.75, 3.05) is 0 Å². The Balaban J connectivity index is 1.96. The zero-order valence-corrected chi connectivity index (χ0v) is 16.0. The molecule has 0 radical (unpaired) electrons. The molecule has 0 amide bonds. The lowest BCUT2D eigenvalue weighted by Gasteiger charge is -2.41. The highest BCUT2D eigenvalue weighted by Crippen LogP contribution is 2.40. The van der Waals surface area contributed by atoms with E-state index < -0.39 is 0 Å². The molecule has 4 unspecified atom stereocenters. The molecule has 4 heteroatoms. The predicted molar refractivity (Wildman–Crippen MR) is 104 cm³/mol. The van der Waals surface area contributed by atoms with Gasteiger partial charge in [-0.05, 0) is 41.8 Å². The molecule has 0 aromatic heterocycles. The van der Waals surface area contributed by atoms with Crippen molar-refractivity contribution in [3.8, 4) is 0 Å². The van der Waals surface area contributed by atoms with Crippen LogP contribution in [0, 0.1) is 11.8 Å². The van der Waals surface area contributed by atoms with E-state index in [0.29, 0.717) is 15.8 Å². The summed E-state index contributed by atoms with van der Waals surface area (Å²) in [6, 6.07) is 15.6. The van der Waals surface area contributed by atoms with Gasteiger partial charge >= 0.3 is 0 Å². The van der Waals surface area contributed by atoms with E-state index in [1.165, 1.54) is 0 Å². The van der Waals surface area contributed by atoms with E-state index in [0.717, 1.165) is 24.0 Å². The highest BCUT2D eigenvalue weighted by Gasteiger charge is 2.41.